The van der Waals surface area contributed by atoms with E-state index < -0.39 is 0 Å². The Balaban J connectivity index is 1.92. The van der Waals surface area contributed by atoms with E-state index >= 15 is 0 Å². The molecule has 0 aromatic carbocycles. The Morgan fingerprint density at radius 3 is 2.46 bits per heavy atom. The standard InChI is InChI=1S/C17H28N2O5/c1-23-11-10-18(9-7-15(20)24-2)17(22)14-4-3-8-19(12-14)16(21)13-5-6-13/h13-14H,3-12H2,1-2H3. The van der Waals surface area contributed by atoms with Crippen molar-refractivity contribution in [2.24, 2.45) is 11.8 Å². The molecule has 136 valence electrons. The normalized spacial score (nSPS) is 20.6. The van der Waals surface area contributed by atoms with Gasteiger partial charge in [-0.05, 0) is 25.7 Å². The predicted octanol–water partition coefficient (Wildman–Crippen LogP) is 0.673. The summed E-state index contributed by atoms with van der Waals surface area (Å²) < 4.78 is 9.72. The molecule has 1 heterocycles. The summed E-state index contributed by atoms with van der Waals surface area (Å²) >= 11 is 0. The van der Waals surface area contributed by atoms with Crippen LogP contribution in [0.4, 0.5) is 0 Å². The van der Waals surface area contributed by atoms with E-state index in [0.717, 1.165) is 32.2 Å². The summed E-state index contributed by atoms with van der Waals surface area (Å²) in [6.07, 6.45) is 3.77. The van der Waals surface area contributed by atoms with Crippen molar-refractivity contribution in [2.75, 3.05) is 47.0 Å². The van der Waals surface area contributed by atoms with Crippen molar-refractivity contribution in [1.29, 1.82) is 0 Å². The molecule has 1 saturated heterocycles. The number of hydrogen-bond donors (Lipinski definition) is 0. The zero-order chi connectivity index (χ0) is 17.5. The molecular weight excluding hydrogens is 312 g/mol. The lowest BCUT2D eigenvalue weighted by atomic mass is 9.96. The lowest BCUT2D eigenvalue weighted by Crippen LogP contribution is -2.48. The largest absolute Gasteiger partial charge is 0.469 e. The molecule has 0 spiro atoms. The minimum absolute atomic E-state index is 0.00394. The zero-order valence-electron chi connectivity index (χ0n) is 14.7. The quantitative estimate of drug-likeness (QED) is 0.607. The first-order valence-corrected chi connectivity index (χ1v) is 8.70. The van der Waals surface area contributed by atoms with E-state index in [1.807, 2.05) is 4.90 Å². The average Bonchev–Trinajstić information content (AvgIpc) is 3.45. The molecule has 1 atom stereocenters. The maximum absolute atomic E-state index is 12.8. The average molecular weight is 340 g/mol. The fraction of sp³-hybridized carbons (Fsp3) is 0.824. The number of amides is 2. The second-order valence-corrected chi connectivity index (χ2v) is 6.54. The Hall–Kier alpha value is -1.63. The van der Waals surface area contributed by atoms with Crippen molar-refractivity contribution in [3.63, 3.8) is 0 Å². The van der Waals surface area contributed by atoms with E-state index in [4.69, 9.17) is 4.74 Å². The van der Waals surface area contributed by atoms with Gasteiger partial charge in [0.2, 0.25) is 11.8 Å². The highest BCUT2D eigenvalue weighted by molar-refractivity contribution is 5.84. The third-order valence-electron chi connectivity index (χ3n) is 4.70. The number of methoxy groups -OCH3 is 2. The van der Waals surface area contributed by atoms with Crippen LogP contribution in [0.15, 0.2) is 0 Å². The van der Waals surface area contributed by atoms with Gasteiger partial charge in [0.1, 0.15) is 0 Å². The molecule has 1 aliphatic heterocycles. The Morgan fingerprint density at radius 1 is 1.08 bits per heavy atom. The predicted molar refractivity (Wildman–Crippen MR) is 87.1 cm³/mol. The molecule has 1 saturated carbocycles. The lowest BCUT2D eigenvalue weighted by molar-refractivity contribution is -0.144. The van der Waals surface area contributed by atoms with Gasteiger partial charge in [0.25, 0.3) is 0 Å². The van der Waals surface area contributed by atoms with Crippen LogP contribution in [-0.4, -0.2) is 74.6 Å². The smallest absolute Gasteiger partial charge is 0.307 e. The van der Waals surface area contributed by atoms with Gasteiger partial charge < -0.3 is 19.3 Å². The second kappa shape index (κ2) is 9.01. The monoisotopic (exact) mass is 340 g/mol. The summed E-state index contributed by atoms with van der Waals surface area (Å²) in [4.78, 5) is 40.0. The Morgan fingerprint density at radius 2 is 1.83 bits per heavy atom. The molecule has 7 nitrogen and oxygen atoms in total. The van der Waals surface area contributed by atoms with Crippen LogP contribution >= 0.6 is 0 Å². The molecular formula is C17H28N2O5. The molecule has 2 aliphatic rings. The number of carbonyl (C=O) groups excluding carboxylic acids is 3. The van der Waals surface area contributed by atoms with E-state index in [0.29, 0.717) is 26.2 Å². The molecule has 0 N–H and O–H groups in total. The molecule has 2 rings (SSSR count). The molecule has 0 bridgehead atoms. The van der Waals surface area contributed by atoms with Crippen molar-refractivity contribution >= 4 is 17.8 Å². The third kappa shape index (κ3) is 5.19. The highest BCUT2D eigenvalue weighted by Crippen LogP contribution is 2.32. The molecule has 7 heteroatoms. The number of piperidine rings is 1. The Bertz CT molecular complexity index is 464. The van der Waals surface area contributed by atoms with Gasteiger partial charge in [-0.1, -0.05) is 0 Å². The van der Waals surface area contributed by atoms with Gasteiger partial charge >= 0.3 is 5.97 Å². The van der Waals surface area contributed by atoms with E-state index in [-0.39, 0.29) is 36.0 Å². The lowest BCUT2D eigenvalue weighted by Gasteiger charge is -2.35. The number of rotatable bonds is 8. The highest BCUT2D eigenvalue weighted by Gasteiger charge is 2.37. The topological polar surface area (TPSA) is 76.2 Å². The van der Waals surface area contributed by atoms with Crippen LogP contribution in [0, 0.1) is 11.8 Å². The van der Waals surface area contributed by atoms with E-state index in [2.05, 4.69) is 4.74 Å². The second-order valence-electron chi connectivity index (χ2n) is 6.54. The molecule has 24 heavy (non-hydrogen) atoms. The first-order valence-electron chi connectivity index (χ1n) is 8.70. The van der Waals surface area contributed by atoms with Crippen LogP contribution in [0.5, 0.6) is 0 Å². The zero-order valence-corrected chi connectivity index (χ0v) is 14.7. The van der Waals surface area contributed by atoms with Crippen molar-refractivity contribution in [2.45, 2.75) is 32.1 Å². The van der Waals surface area contributed by atoms with E-state index in [1.165, 1.54) is 7.11 Å². The summed E-state index contributed by atoms with van der Waals surface area (Å²) in [6, 6.07) is 0. The van der Waals surface area contributed by atoms with Crippen molar-refractivity contribution in [3.05, 3.63) is 0 Å². The number of likely N-dealkylation sites (tertiary alicyclic amines) is 1. The van der Waals surface area contributed by atoms with Crippen molar-refractivity contribution in [1.82, 2.24) is 9.80 Å². The van der Waals surface area contributed by atoms with Crippen LogP contribution in [0.2, 0.25) is 0 Å². The number of hydrogen-bond acceptors (Lipinski definition) is 5. The van der Waals surface area contributed by atoms with Crippen LogP contribution in [0.25, 0.3) is 0 Å². The first kappa shape index (κ1) is 18.7. The van der Waals surface area contributed by atoms with Gasteiger partial charge in [0, 0.05) is 39.2 Å². The number of ether oxygens (including phenoxy) is 2. The highest BCUT2D eigenvalue weighted by atomic mass is 16.5. The summed E-state index contributed by atoms with van der Waals surface area (Å²) in [7, 11) is 2.92. The van der Waals surface area contributed by atoms with Crippen LogP contribution < -0.4 is 0 Å². The number of esters is 1. The summed E-state index contributed by atoms with van der Waals surface area (Å²) in [5, 5.41) is 0. The van der Waals surface area contributed by atoms with Gasteiger partial charge in [-0.2, -0.15) is 0 Å². The Kier molecular flexibility index (Phi) is 7.02. The minimum Gasteiger partial charge on any atom is -0.469 e. The van der Waals surface area contributed by atoms with Crippen LogP contribution in [-0.2, 0) is 23.9 Å². The maximum Gasteiger partial charge on any atom is 0.307 e. The van der Waals surface area contributed by atoms with Gasteiger partial charge in [-0.15, -0.1) is 0 Å². The fourth-order valence-corrected chi connectivity index (χ4v) is 3.09. The molecule has 0 aromatic rings. The van der Waals surface area contributed by atoms with Crippen molar-refractivity contribution < 1.29 is 23.9 Å². The van der Waals surface area contributed by atoms with E-state index in [9.17, 15) is 14.4 Å². The first-order chi connectivity index (χ1) is 11.6. The summed E-state index contributed by atoms with van der Waals surface area (Å²) in [6.45, 7) is 2.43. The third-order valence-corrected chi connectivity index (χ3v) is 4.70. The SMILES string of the molecule is COCCN(CCC(=O)OC)C(=O)C1CCCN(C(=O)C2CC2)C1. The van der Waals surface area contributed by atoms with Gasteiger partial charge in [0.15, 0.2) is 0 Å². The van der Waals surface area contributed by atoms with Crippen LogP contribution in [0.3, 0.4) is 0 Å². The van der Waals surface area contributed by atoms with Gasteiger partial charge in [0.05, 0.1) is 26.1 Å². The maximum atomic E-state index is 12.8. The number of nitrogens with zero attached hydrogens (tertiary/aromatic N) is 2. The minimum atomic E-state index is -0.334. The van der Waals surface area contributed by atoms with Crippen LogP contribution in [0.1, 0.15) is 32.1 Å². The molecule has 2 fully saturated rings. The van der Waals surface area contributed by atoms with E-state index in [1.54, 1.807) is 12.0 Å². The summed E-state index contributed by atoms with van der Waals surface area (Å²) in [5.41, 5.74) is 0. The molecule has 2 amide bonds. The van der Waals surface area contributed by atoms with Gasteiger partial charge in [-0.25, -0.2) is 0 Å². The van der Waals surface area contributed by atoms with Crippen molar-refractivity contribution in [3.8, 4) is 0 Å². The molecule has 0 radical (unpaired) electrons. The molecule has 0 aromatic heterocycles. The van der Waals surface area contributed by atoms with Gasteiger partial charge in [-0.3, -0.25) is 14.4 Å². The molecule has 1 unspecified atom stereocenters. The summed E-state index contributed by atoms with van der Waals surface area (Å²) in [5.74, 6) is -0.132. The Labute approximate surface area is 143 Å². The molecule has 1 aliphatic carbocycles. The number of carbonyl (C=O) groups is 3. The fourth-order valence-electron chi connectivity index (χ4n) is 3.09.